The van der Waals surface area contributed by atoms with Crippen molar-refractivity contribution in [3.05, 3.63) is 54.1 Å². The summed E-state index contributed by atoms with van der Waals surface area (Å²) >= 11 is 0. The van der Waals surface area contributed by atoms with E-state index in [1.807, 2.05) is 31.2 Å². The Balaban J connectivity index is 1.45. The fourth-order valence-electron chi connectivity index (χ4n) is 3.83. The van der Waals surface area contributed by atoms with Crippen molar-refractivity contribution in [1.82, 2.24) is 4.72 Å². The average Bonchev–Trinajstić information content (AvgIpc) is 2.68. The molecule has 0 aromatic heterocycles. The maximum atomic E-state index is 12.8. The van der Waals surface area contributed by atoms with E-state index in [0.29, 0.717) is 24.5 Å². The second-order valence-electron chi connectivity index (χ2n) is 7.34. The molecule has 1 N–H and O–H groups in total. The van der Waals surface area contributed by atoms with Crippen LogP contribution in [0.1, 0.15) is 24.8 Å². The van der Waals surface area contributed by atoms with E-state index in [2.05, 4.69) is 16.9 Å². The lowest BCUT2D eigenvalue weighted by Crippen LogP contribution is -2.49. The lowest BCUT2D eigenvalue weighted by molar-refractivity contribution is -0.156. The lowest BCUT2D eigenvalue weighted by Gasteiger charge is -2.38. The van der Waals surface area contributed by atoms with Crippen LogP contribution < -0.4 is 4.72 Å². The summed E-state index contributed by atoms with van der Waals surface area (Å²) in [5.74, 6) is 0. The van der Waals surface area contributed by atoms with E-state index in [0.717, 1.165) is 24.0 Å². The monoisotopic (exact) mass is 387 g/mol. The maximum Gasteiger partial charge on any atom is 0.240 e. The molecule has 1 aliphatic carbocycles. The second kappa shape index (κ2) is 7.72. The first-order valence-electron chi connectivity index (χ1n) is 9.44. The summed E-state index contributed by atoms with van der Waals surface area (Å²) < 4.78 is 39.8. The zero-order valence-electron chi connectivity index (χ0n) is 15.4. The summed E-state index contributed by atoms with van der Waals surface area (Å²) in [6.45, 7) is 3.26. The van der Waals surface area contributed by atoms with Crippen LogP contribution in [0.5, 0.6) is 0 Å². The Hall–Kier alpha value is -1.73. The SMILES string of the molecule is Cc1ccc(-c2ccc(S(=O)(=O)NC3CCC4OCCOC4C3)cc2)cc1. The molecule has 1 aliphatic heterocycles. The molecule has 5 nitrogen and oxygen atoms in total. The number of hydrogen-bond acceptors (Lipinski definition) is 4. The lowest BCUT2D eigenvalue weighted by atomic mass is 9.90. The van der Waals surface area contributed by atoms with Crippen molar-refractivity contribution in [2.75, 3.05) is 13.2 Å². The van der Waals surface area contributed by atoms with Gasteiger partial charge in [-0.25, -0.2) is 13.1 Å². The van der Waals surface area contributed by atoms with E-state index >= 15 is 0 Å². The summed E-state index contributed by atoms with van der Waals surface area (Å²) in [5.41, 5.74) is 3.27. The first-order valence-corrected chi connectivity index (χ1v) is 10.9. The Morgan fingerprint density at radius 1 is 0.852 bits per heavy atom. The van der Waals surface area contributed by atoms with Gasteiger partial charge in [-0.3, -0.25) is 0 Å². The predicted molar refractivity (Wildman–Crippen MR) is 104 cm³/mol. The van der Waals surface area contributed by atoms with Crippen LogP contribution in [0.25, 0.3) is 11.1 Å². The molecule has 1 heterocycles. The number of sulfonamides is 1. The van der Waals surface area contributed by atoms with Gasteiger partial charge in [-0.05, 0) is 49.4 Å². The summed E-state index contributed by atoms with van der Waals surface area (Å²) in [6.07, 6.45) is 2.35. The molecule has 2 fully saturated rings. The first kappa shape index (κ1) is 18.6. The van der Waals surface area contributed by atoms with Gasteiger partial charge < -0.3 is 9.47 Å². The number of nitrogens with one attached hydrogen (secondary N) is 1. The Morgan fingerprint density at radius 2 is 1.44 bits per heavy atom. The Bertz CT molecular complexity index is 877. The summed E-state index contributed by atoms with van der Waals surface area (Å²) in [6, 6.07) is 15.1. The van der Waals surface area contributed by atoms with Gasteiger partial charge in [-0.15, -0.1) is 0 Å². The van der Waals surface area contributed by atoms with Gasteiger partial charge in [0.1, 0.15) is 0 Å². The van der Waals surface area contributed by atoms with Crippen LogP contribution in [0, 0.1) is 6.92 Å². The van der Waals surface area contributed by atoms with E-state index in [1.54, 1.807) is 12.1 Å². The Labute approximate surface area is 160 Å². The van der Waals surface area contributed by atoms with Crippen LogP contribution in [0.4, 0.5) is 0 Å². The number of fused-ring (bicyclic) bond motifs is 1. The topological polar surface area (TPSA) is 64.6 Å². The van der Waals surface area contributed by atoms with Crippen molar-refractivity contribution in [3.63, 3.8) is 0 Å². The van der Waals surface area contributed by atoms with Gasteiger partial charge in [-0.2, -0.15) is 0 Å². The third kappa shape index (κ3) is 4.24. The molecular weight excluding hydrogens is 362 g/mol. The smallest absolute Gasteiger partial charge is 0.240 e. The number of benzene rings is 2. The van der Waals surface area contributed by atoms with Crippen LogP contribution >= 0.6 is 0 Å². The van der Waals surface area contributed by atoms with Gasteiger partial charge in [0.15, 0.2) is 0 Å². The quantitative estimate of drug-likeness (QED) is 0.874. The fraction of sp³-hybridized carbons (Fsp3) is 0.429. The molecule has 3 unspecified atom stereocenters. The molecule has 2 aromatic carbocycles. The minimum atomic E-state index is -3.55. The van der Waals surface area contributed by atoms with Crippen LogP contribution in [-0.2, 0) is 19.5 Å². The molecule has 144 valence electrons. The van der Waals surface area contributed by atoms with Crippen LogP contribution in [0.3, 0.4) is 0 Å². The van der Waals surface area contributed by atoms with Crippen molar-refractivity contribution in [3.8, 4) is 11.1 Å². The zero-order valence-corrected chi connectivity index (χ0v) is 16.2. The largest absolute Gasteiger partial charge is 0.373 e. The zero-order chi connectivity index (χ0) is 18.9. The third-order valence-corrected chi connectivity index (χ3v) is 6.89. The highest BCUT2D eigenvalue weighted by atomic mass is 32.2. The number of rotatable bonds is 4. The summed E-state index contributed by atoms with van der Waals surface area (Å²) in [4.78, 5) is 0.293. The van der Waals surface area contributed by atoms with Gasteiger partial charge in [-0.1, -0.05) is 42.0 Å². The molecule has 0 radical (unpaired) electrons. The summed E-state index contributed by atoms with van der Waals surface area (Å²) in [7, 11) is -3.55. The Morgan fingerprint density at radius 3 is 2.11 bits per heavy atom. The van der Waals surface area contributed by atoms with Crippen LogP contribution in [0.15, 0.2) is 53.4 Å². The minimum absolute atomic E-state index is 0.0101. The third-order valence-electron chi connectivity index (χ3n) is 5.35. The number of aryl methyl sites for hydroxylation is 1. The molecule has 27 heavy (non-hydrogen) atoms. The van der Waals surface area contributed by atoms with Crippen molar-refractivity contribution in [2.24, 2.45) is 0 Å². The molecule has 1 saturated carbocycles. The molecule has 4 rings (SSSR count). The van der Waals surface area contributed by atoms with Gasteiger partial charge in [0.25, 0.3) is 0 Å². The predicted octanol–water partition coefficient (Wildman–Crippen LogP) is 3.28. The molecule has 1 saturated heterocycles. The highest BCUT2D eigenvalue weighted by molar-refractivity contribution is 7.89. The molecule has 2 aromatic rings. The molecular formula is C21H25NO4S. The highest BCUT2D eigenvalue weighted by Gasteiger charge is 2.35. The second-order valence-corrected chi connectivity index (χ2v) is 9.05. The van der Waals surface area contributed by atoms with Crippen molar-refractivity contribution >= 4 is 10.0 Å². The minimum Gasteiger partial charge on any atom is -0.373 e. The molecule has 0 bridgehead atoms. The van der Waals surface area contributed by atoms with Crippen molar-refractivity contribution < 1.29 is 17.9 Å². The number of hydrogen-bond donors (Lipinski definition) is 1. The average molecular weight is 388 g/mol. The fourth-order valence-corrected chi connectivity index (χ4v) is 5.12. The highest BCUT2D eigenvalue weighted by Crippen LogP contribution is 2.28. The van der Waals surface area contributed by atoms with E-state index in [9.17, 15) is 8.42 Å². The van der Waals surface area contributed by atoms with Gasteiger partial charge in [0, 0.05) is 6.04 Å². The van der Waals surface area contributed by atoms with Gasteiger partial charge in [0.2, 0.25) is 10.0 Å². The van der Waals surface area contributed by atoms with Crippen molar-refractivity contribution in [2.45, 2.75) is 49.3 Å². The van der Waals surface area contributed by atoms with Crippen molar-refractivity contribution in [1.29, 1.82) is 0 Å². The number of ether oxygens (including phenoxy) is 2. The molecule has 2 aliphatic rings. The van der Waals surface area contributed by atoms with E-state index < -0.39 is 10.0 Å². The van der Waals surface area contributed by atoms with E-state index in [1.165, 1.54) is 5.56 Å². The van der Waals surface area contributed by atoms with Gasteiger partial charge >= 0.3 is 0 Å². The molecule has 0 amide bonds. The molecule has 3 atom stereocenters. The summed E-state index contributed by atoms with van der Waals surface area (Å²) in [5, 5.41) is 0. The van der Waals surface area contributed by atoms with Gasteiger partial charge in [0.05, 0.1) is 30.3 Å². The standard InChI is InChI=1S/C21H25NO4S/c1-15-2-4-16(5-3-15)17-6-9-19(10-7-17)27(23,24)22-18-8-11-20-21(14-18)26-13-12-25-20/h2-7,9-10,18,20-22H,8,11-14H2,1H3. The molecule has 0 spiro atoms. The van der Waals surface area contributed by atoms with E-state index in [4.69, 9.17) is 9.47 Å². The van der Waals surface area contributed by atoms with E-state index in [-0.39, 0.29) is 18.2 Å². The van der Waals surface area contributed by atoms with Crippen LogP contribution in [-0.4, -0.2) is 39.9 Å². The first-order chi connectivity index (χ1) is 13.0. The normalized spacial score (nSPS) is 25.7. The Kier molecular flexibility index (Phi) is 5.32. The van der Waals surface area contributed by atoms with Crippen LogP contribution in [0.2, 0.25) is 0 Å². The molecule has 6 heteroatoms. The maximum absolute atomic E-state index is 12.8.